The zero-order valence-corrected chi connectivity index (χ0v) is 16.5. The highest BCUT2D eigenvalue weighted by Gasteiger charge is 2.49. The summed E-state index contributed by atoms with van der Waals surface area (Å²) in [6, 6.07) is 4.96. The molecule has 1 saturated heterocycles. The molecule has 0 aliphatic carbocycles. The summed E-state index contributed by atoms with van der Waals surface area (Å²) in [5, 5.41) is 13.0. The van der Waals surface area contributed by atoms with Crippen LogP contribution in [0, 0.1) is 5.92 Å². The Balaban J connectivity index is 2.00. The zero-order valence-electron chi connectivity index (χ0n) is 16.5. The molecule has 0 unspecified atom stereocenters. The number of hydrogen-bond donors (Lipinski definition) is 2. The smallest absolute Gasteiger partial charge is 0.325 e. The number of carbonyl (C=O) groups is 2. The fourth-order valence-electron chi connectivity index (χ4n) is 2.82. The molecule has 2 rings (SSSR count). The summed E-state index contributed by atoms with van der Waals surface area (Å²) in [6.07, 6.45) is 2.83. The lowest BCUT2D eigenvalue weighted by molar-refractivity contribution is -0.133. The molecule has 1 aliphatic rings. The minimum Gasteiger partial charge on any atom is -0.493 e. The predicted octanol–water partition coefficient (Wildman–Crippen LogP) is 2.43. The lowest BCUT2D eigenvalue weighted by Crippen LogP contribution is -2.49. The second-order valence-electron chi connectivity index (χ2n) is 7.08. The van der Waals surface area contributed by atoms with Gasteiger partial charge in [-0.25, -0.2) is 4.79 Å². The predicted molar refractivity (Wildman–Crippen MR) is 103 cm³/mol. The second-order valence-corrected chi connectivity index (χ2v) is 7.08. The largest absolute Gasteiger partial charge is 0.493 e. The number of β-amino-alcohol motifs (C(OH)–C–C–N with tert-alkyl or cyclic N) is 1. The summed E-state index contributed by atoms with van der Waals surface area (Å²) < 4.78 is 11.0. The van der Waals surface area contributed by atoms with Gasteiger partial charge in [0.15, 0.2) is 11.5 Å². The highest BCUT2D eigenvalue weighted by Crippen LogP contribution is 2.29. The summed E-state index contributed by atoms with van der Waals surface area (Å²) in [5.41, 5.74) is 0.0123. The van der Waals surface area contributed by atoms with Crippen molar-refractivity contribution in [3.63, 3.8) is 0 Å². The Morgan fingerprint density at radius 3 is 2.56 bits per heavy atom. The van der Waals surface area contributed by atoms with E-state index in [1.807, 2.05) is 45.1 Å². The topological polar surface area (TPSA) is 88.1 Å². The number of benzene rings is 1. The van der Waals surface area contributed by atoms with Crippen molar-refractivity contribution < 1.29 is 24.2 Å². The van der Waals surface area contributed by atoms with Gasteiger partial charge < -0.3 is 19.9 Å². The molecule has 2 atom stereocenters. The molecule has 0 spiro atoms. The van der Waals surface area contributed by atoms with Crippen LogP contribution in [0.1, 0.15) is 33.3 Å². The van der Waals surface area contributed by atoms with Crippen molar-refractivity contribution in [2.75, 3.05) is 20.3 Å². The fraction of sp³-hybridized carbons (Fsp3) is 0.500. The highest BCUT2D eigenvalue weighted by molar-refractivity contribution is 6.07. The Kier molecular flexibility index (Phi) is 6.49. The van der Waals surface area contributed by atoms with E-state index in [1.165, 1.54) is 7.11 Å². The Bertz CT molecular complexity index is 731. The molecule has 2 N–H and O–H groups in total. The Morgan fingerprint density at radius 1 is 1.30 bits per heavy atom. The number of rotatable bonds is 8. The van der Waals surface area contributed by atoms with Crippen molar-refractivity contribution in [1.82, 2.24) is 10.2 Å². The van der Waals surface area contributed by atoms with Crippen LogP contribution in [0.4, 0.5) is 4.79 Å². The molecule has 1 fully saturated rings. The average Bonchev–Trinajstić information content (AvgIpc) is 2.85. The number of carbonyl (C=O) groups excluding carboxylic acids is 2. The number of hydrogen-bond acceptors (Lipinski definition) is 5. The lowest BCUT2D eigenvalue weighted by atomic mass is 9.88. The van der Waals surface area contributed by atoms with Crippen molar-refractivity contribution in [1.29, 1.82) is 0 Å². The molecular weight excluding hydrogens is 348 g/mol. The van der Waals surface area contributed by atoms with Gasteiger partial charge in [-0.05, 0) is 37.5 Å². The maximum Gasteiger partial charge on any atom is 0.325 e. The Hall–Kier alpha value is -2.54. The van der Waals surface area contributed by atoms with Crippen LogP contribution < -0.4 is 14.8 Å². The van der Waals surface area contributed by atoms with Gasteiger partial charge in [0, 0.05) is 0 Å². The van der Waals surface area contributed by atoms with Gasteiger partial charge in [0.05, 0.1) is 13.7 Å². The fourth-order valence-corrected chi connectivity index (χ4v) is 2.82. The van der Waals surface area contributed by atoms with E-state index in [0.29, 0.717) is 11.5 Å². The van der Waals surface area contributed by atoms with Gasteiger partial charge in [0.25, 0.3) is 5.91 Å². The van der Waals surface area contributed by atoms with Gasteiger partial charge in [0.1, 0.15) is 18.2 Å². The Labute approximate surface area is 159 Å². The number of allylic oxidation sites excluding steroid dienone is 1. The lowest BCUT2D eigenvalue weighted by Gasteiger charge is -2.26. The van der Waals surface area contributed by atoms with Crippen LogP contribution in [0.5, 0.6) is 11.5 Å². The van der Waals surface area contributed by atoms with Crippen LogP contribution >= 0.6 is 0 Å². The van der Waals surface area contributed by atoms with E-state index in [1.54, 1.807) is 13.0 Å². The summed E-state index contributed by atoms with van der Waals surface area (Å²) in [6.45, 7) is 7.14. The summed E-state index contributed by atoms with van der Waals surface area (Å²) in [7, 11) is 1.54. The molecule has 148 valence electrons. The van der Waals surface area contributed by atoms with E-state index in [2.05, 4.69) is 5.32 Å². The number of aliphatic hydroxyl groups excluding tert-OH is 1. The van der Waals surface area contributed by atoms with E-state index >= 15 is 0 Å². The van der Waals surface area contributed by atoms with E-state index in [9.17, 15) is 14.7 Å². The third kappa shape index (κ3) is 4.42. The molecular formula is C20H28N2O5. The van der Waals surface area contributed by atoms with Crippen LogP contribution in [0.3, 0.4) is 0 Å². The summed E-state index contributed by atoms with van der Waals surface area (Å²) in [5.74, 6) is 0.622. The molecule has 1 aliphatic heterocycles. The van der Waals surface area contributed by atoms with Gasteiger partial charge in [-0.15, -0.1) is 0 Å². The Morgan fingerprint density at radius 2 is 2.00 bits per heavy atom. The van der Waals surface area contributed by atoms with Gasteiger partial charge in [-0.2, -0.15) is 0 Å². The SMILES string of the molecule is C/C=C/c1ccc(OC[C@@H](O)CN2C(=O)N[C@@](C)(C(C)C)C2=O)c(OC)c1. The molecule has 0 radical (unpaired) electrons. The van der Waals surface area contributed by atoms with Crippen LogP contribution in [-0.4, -0.2) is 53.8 Å². The standard InChI is InChI=1S/C20H28N2O5/c1-6-7-14-8-9-16(17(10-14)26-5)27-12-15(23)11-22-18(24)20(4,13(2)3)21-19(22)25/h6-10,13,15,23H,11-12H2,1-5H3,(H,21,25)/b7-6+/t15-,20-/m0/s1. The number of nitrogens with zero attached hydrogens (tertiary/aromatic N) is 1. The number of aliphatic hydroxyl groups is 1. The third-order valence-corrected chi connectivity index (χ3v) is 4.83. The van der Waals surface area contributed by atoms with Crippen LogP contribution in [-0.2, 0) is 4.79 Å². The molecule has 0 bridgehead atoms. The molecule has 0 saturated carbocycles. The molecule has 7 heteroatoms. The van der Waals surface area contributed by atoms with Crippen molar-refractivity contribution in [3.05, 3.63) is 29.8 Å². The van der Waals surface area contributed by atoms with E-state index in [0.717, 1.165) is 10.5 Å². The minimum absolute atomic E-state index is 0.0627. The second kappa shape index (κ2) is 8.43. The number of imide groups is 1. The molecule has 7 nitrogen and oxygen atoms in total. The van der Waals surface area contributed by atoms with Crippen molar-refractivity contribution >= 4 is 18.0 Å². The quantitative estimate of drug-likeness (QED) is 0.681. The normalized spacial score (nSPS) is 21.1. The first kappa shape index (κ1) is 20.8. The van der Waals surface area contributed by atoms with Crippen molar-refractivity contribution in [3.8, 4) is 11.5 Å². The summed E-state index contributed by atoms with van der Waals surface area (Å²) in [4.78, 5) is 25.7. The average molecular weight is 376 g/mol. The molecule has 1 aromatic carbocycles. The molecule has 27 heavy (non-hydrogen) atoms. The van der Waals surface area contributed by atoms with E-state index < -0.39 is 17.7 Å². The van der Waals surface area contributed by atoms with Crippen LogP contribution in [0.2, 0.25) is 0 Å². The number of amides is 3. The first-order valence-corrected chi connectivity index (χ1v) is 8.98. The molecule has 1 heterocycles. The van der Waals surface area contributed by atoms with Crippen LogP contribution in [0.15, 0.2) is 24.3 Å². The maximum atomic E-state index is 12.6. The van der Waals surface area contributed by atoms with Crippen molar-refractivity contribution in [2.45, 2.75) is 39.3 Å². The zero-order chi connectivity index (χ0) is 20.2. The number of ether oxygens (including phenoxy) is 2. The van der Waals surface area contributed by atoms with E-state index in [-0.39, 0.29) is 25.0 Å². The molecule has 3 amide bonds. The van der Waals surface area contributed by atoms with Gasteiger partial charge in [0.2, 0.25) is 0 Å². The number of urea groups is 1. The molecule has 0 aromatic heterocycles. The first-order valence-electron chi connectivity index (χ1n) is 8.98. The monoisotopic (exact) mass is 376 g/mol. The van der Waals surface area contributed by atoms with E-state index in [4.69, 9.17) is 9.47 Å². The minimum atomic E-state index is -1.02. The van der Waals surface area contributed by atoms with Crippen LogP contribution in [0.25, 0.3) is 6.08 Å². The highest BCUT2D eigenvalue weighted by atomic mass is 16.5. The maximum absolute atomic E-state index is 12.6. The van der Waals surface area contributed by atoms with Gasteiger partial charge >= 0.3 is 6.03 Å². The van der Waals surface area contributed by atoms with Crippen molar-refractivity contribution in [2.24, 2.45) is 5.92 Å². The van der Waals surface area contributed by atoms with Gasteiger partial charge in [-0.3, -0.25) is 9.69 Å². The molecule has 1 aromatic rings. The number of methoxy groups -OCH3 is 1. The first-order chi connectivity index (χ1) is 12.7. The summed E-state index contributed by atoms with van der Waals surface area (Å²) >= 11 is 0. The van der Waals surface area contributed by atoms with Gasteiger partial charge in [-0.1, -0.05) is 32.1 Å². The number of nitrogens with one attached hydrogen (secondary N) is 1. The third-order valence-electron chi connectivity index (χ3n) is 4.83.